The lowest BCUT2D eigenvalue weighted by molar-refractivity contribution is 0.600. The Morgan fingerprint density at radius 1 is 1.19 bits per heavy atom. The van der Waals surface area contributed by atoms with Crippen molar-refractivity contribution in [2.24, 2.45) is 0 Å². The molecular weight excluding hydrogens is 399 g/mol. The predicted molar refractivity (Wildman–Crippen MR) is 90.6 cm³/mol. The van der Waals surface area contributed by atoms with E-state index in [1.54, 1.807) is 19.1 Å². The van der Waals surface area contributed by atoms with Crippen molar-refractivity contribution in [1.82, 2.24) is 0 Å². The molecule has 0 spiro atoms. The fraction of sp³-hybridized carbons (Fsp3) is 0.0769. The van der Waals surface area contributed by atoms with E-state index < -0.39 is 10.0 Å². The Labute approximate surface area is 141 Å². The van der Waals surface area contributed by atoms with E-state index in [0.29, 0.717) is 20.7 Å². The lowest BCUT2D eigenvalue weighted by Crippen LogP contribution is -2.15. The van der Waals surface area contributed by atoms with E-state index in [2.05, 4.69) is 20.7 Å². The van der Waals surface area contributed by atoms with Gasteiger partial charge in [-0.2, -0.15) is 0 Å². The summed E-state index contributed by atoms with van der Waals surface area (Å²) in [6.45, 7) is 1.68. The third kappa shape index (κ3) is 3.63. The molecule has 4 nitrogen and oxygen atoms in total. The van der Waals surface area contributed by atoms with Gasteiger partial charge >= 0.3 is 0 Å². The highest BCUT2D eigenvalue weighted by molar-refractivity contribution is 9.10. The molecule has 0 fully saturated rings. The van der Waals surface area contributed by atoms with Crippen LogP contribution in [-0.4, -0.2) is 8.42 Å². The third-order valence-electron chi connectivity index (χ3n) is 2.76. The first-order chi connectivity index (χ1) is 9.70. The number of hydrogen-bond donors (Lipinski definition) is 2. The molecule has 112 valence electrons. The first kappa shape index (κ1) is 16.4. The minimum Gasteiger partial charge on any atom is -0.398 e. The Kier molecular flexibility index (Phi) is 4.72. The Balaban J connectivity index is 2.48. The van der Waals surface area contributed by atoms with Gasteiger partial charge in [-0.3, -0.25) is 4.72 Å². The molecule has 0 aromatic heterocycles. The second-order valence-corrected chi connectivity index (χ2v) is 7.72. The molecule has 8 heteroatoms. The summed E-state index contributed by atoms with van der Waals surface area (Å²) in [6.07, 6.45) is 0. The van der Waals surface area contributed by atoms with Gasteiger partial charge in [0.1, 0.15) is 0 Å². The molecular formula is C13H11BrCl2N2O2S. The number of aryl methyl sites for hydroxylation is 1. The van der Waals surface area contributed by atoms with Crippen LogP contribution >= 0.6 is 39.1 Å². The van der Waals surface area contributed by atoms with Gasteiger partial charge in [-0.15, -0.1) is 0 Å². The van der Waals surface area contributed by atoms with Gasteiger partial charge < -0.3 is 5.73 Å². The van der Waals surface area contributed by atoms with Crippen molar-refractivity contribution in [3.8, 4) is 0 Å². The quantitative estimate of drug-likeness (QED) is 0.735. The second-order valence-electron chi connectivity index (χ2n) is 4.37. The topological polar surface area (TPSA) is 72.2 Å². The summed E-state index contributed by atoms with van der Waals surface area (Å²) in [6, 6.07) is 7.57. The van der Waals surface area contributed by atoms with Crippen LogP contribution in [0.4, 0.5) is 11.4 Å². The molecule has 2 aromatic carbocycles. The van der Waals surface area contributed by atoms with Gasteiger partial charge in [0.15, 0.2) is 0 Å². The van der Waals surface area contributed by atoms with Crippen LogP contribution < -0.4 is 10.5 Å². The van der Waals surface area contributed by atoms with Crippen molar-refractivity contribution in [3.05, 3.63) is 50.4 Å². The fourth-order valence-corrected chi connectivity index (χ4v) is 3.92. The minimum atomic E-state index is -3.82. The third-order valence-corrected chi connectivity index (χ3v) is 5.52. The summed E-state index contributed by atoms with van der Waals surface area (Å²) in [4.78, 5) is 0.0826. The lowest BCUT2D eigenvalue weighted by atomic mass is 10.2. The number of hydrogen-bond acceptors (Lipinski definition) is 3. The van der Waals surface area contributed by atoms with Gasteiger partial charge in [0.2, 0.25) is 0 Å². The van der Waals surface area contributed by atoms with Crippen molar-refractivity contribution < 1.29 is 8.42 Å². The molecule has 0 bridgehead atoms. The molecule has 0 heterocycles. The first-order valence-corrected chi connectivity index (χ1v) is 8.77. The molecule has 0 unspecified atom stereocenters. The van der Waals surface area contributed by atoms with Crippen molar-refractivity contribution >= 4 is 60.5 Å². The van der Waals surface area contributed by atoms with Crippen LogP contribution in [-0.2, 0) is 10.0 Å². The normalized spacial score (nSPS) is 11.4. The van der Waals surface area contributed by atoms with Crippen molar-refractivity contribution in [1.29, 1.82) is 0 Å². The summed E-state index contributed by atoms with van der Waals surface area (Å²) < 4.78 is 28.0. The SMILES string of the molecule is Cc1cc(Br)c(N)cc1S(=O)(=O)Nc1cc(Cl)ccc1Cl. The van der Waals surface area contributed by atoms with Crippen molar-refractivity contribution in [2.45, 2.75) is 11.8 Å². The molecule has 3 N–H and O–H groups in total. The van der Waals surface area contributed by atoms with Gasteiger partial charge in [0, 0.05) is 15.2 Å². The van der Waals surface area contributed by atoms with Gasteiger partial charge in [-0.25, -0.2) is 8.42 Å². The second kappa shape index (κ2) is 6.04. The lowest BCUT2D eigenvalue weighted by Gasteiger charge is -2.13. The standard InChI is InChI=1S/C13H11BrCl2N2O2S/c1-7-4-9(14)11(17)6-13(7)21(19,20)18-12-5-8(15)2-3-10(12)16/h2-6,18H,17H2,1H3. The van der Waals surface area contributed by atoms with E-state index in [1.165, 1.54) is 18.2 Å². The number of nitrogen functional groups attached to an aromatic ring is 1. The molecule has 0 atom stereocenters. The van der Waals surface area contributed by atoms with Crippen LogP contribution in [0, 0.1) is 6.92 Å². The van der Waals surface area contributed by atoms with E-state index in [9.17, 15) is 8.42 Å². The Bertz CT molecular complexity index is 810. The van der Waals surface area contributed by atoms with E-state index >= 15 is 0 Å². The number of benzene rings is 2. The van der Waals surface area contributed by atoms with E-state index in [1.807, 2.05) is 0 Å². The monoisotopic (exact) mass is 408 g/mol. The van der Waals surface area contributed by atoms with Crippen LogP contribution in [0.1, 0.15) is 5.56 Å². The number of nitrogens with one attached hydrogen (secondary N) is 1. The number of nitrogens with two attached hydrogens (primary N) is 1. The van der Waals surface area contributed by atoms with Crippen molar-refractivity contribution in [2.75, 3.05) is 10.5 Å². The van der Waals surface area contributed by atoms with Crippen LogP contribution in [0.25, 0.3) is 0 Å². The maximum absolute atomic E-state index is 12.5. The first-order valence-electron chi connectivity index (χ1n) is 5.74. The van der Waals surface area contributed by atoms with Gasteiger partial charge in [-0.05, 0) is 58.7 Å². The summed E-state index contributed by atoms with van der Waals surface area (Å²) in [7, 11) is -3.82. The van der Waals surface area contributed by atoms with Gasteiger partial charge in [0.25, 0.3) is 10.0 Å². The summed E-state index contributed by atoms with van der Waals surface area (Å²) in [5.74, 6) is 0. The van der Waals surface area contributed by atoms with E-state index in [4.69, 9.17) is 28.9 Å². The zero-order chi connectivity index (χ0) is 15.8. The van der Waals surface area contributed by atoms with Crippen LogP contribution in [0.3, 0.4) is 0 Å². The molecule has 0 aliphatic carbocycles. The Morgan fingerprint density at radius 3 is 2.52 bits per heavy atom. The zero-order valence-corrected chi connectivity index (χ0v) is 14.7. The van der Waals surface area contributed by atoms with Crippen LogP contribution in [0.5, 0.6) is 0 Å². The van der Waals surface area contributed by atoms with Crippen LogP contribution in [0.15, 0.2) is 39.7 Å². The number of anilines is 2. The van der Waals surface area contributed by atoms with E-state index in [0.717, 1.165) is 0 Å². The average molecular weight is 410 g/mol. The van der Waals surface area contributed by atoms with Crippen LogP contribution in [0.2, 0.25) is 10.0 Å². The highest BCUT2D eigenvalue weighted by Gasteiger charge is 2.19. The zero-order valence-electron chi connectivity index (χ0n) is 10.8. The summed E-state index contributed by atoms with van der Waals surface area (Å²) in [5, 5.41) is 0.634. The van der Waals surface area contributed by atoms with Gasteiger partial charge in [-0.1, -0.05) is 23.2 Å². The van der Waals surface area contributed by atoms with Crippen molar-refractivity contribution in [3.63, 3.8) is 0 Å². The molecule has 0 saturated heterocycles. The largest absolute Gasteiger partial charge is 0.398 e. The summed E-state index contributed by atoms with van der Waals surface area (Å²) >= 11 is 15.1. The molecule has 2 rings (SSSR count). The highest BCUT2D eigenvalue weighted by atomic mass is 79.9. The maximum Gasteiger partial charge on any atom is 0.262 e. The molecule has 0 aliphatic heterocycles. The highest BCUT2D eigenvalue weighted by Crippen LogP contribution is 2.31. The number of rotatable bonds is 3. The summed E-state index contributed by atoms with van der Waals surface area (Å²) in [5.41, 5.74) is 6.85. The minimum absolute atomic E-state index is 0.0826. The molecule has 0 amide bonds. The van der Waals surface area contributed by atoms with E-state index in [-0.39, 0.29) is 15.6 Å². The van der Waals surface area contributed by atoms with Gasteiger partial charge in [0.05, 0.1) is 15.6 Å². The number of sulfonamides is 1. The molecule has 0 radical (unpaired) electrons. The Hall–Kier alpha value is -0.950. The number of halogens is 3. The average Bonchev–Trinajstić information content (AvgIpc) is 2.37. The maximum atomic E-state index is 12.5. The fourth-order valence-electron chi connectivity index (χ4n) is 1.73. The molecule has 0 saturated carbocycles. The smallest absolute Gasteiger partial charge is 0.262 e. The molecule has 2 aromatic rings. The molecule has 21 heavy (non-hydrogen) atoms. The predicted octanol–water partition coefficient (Wildman–Crippen LogP) is 4.45. The molecule has 0 aliphatic rings. The Morgan fingerprint density at radius 2 is 1.86 bits per heavy atom.